The van der Waals surface area contributed by atoms with E-state index in [1.54, 1.807) is 18.5 Å². The van der Waals surface area contributed by atoms with Crippen LogP contribution in [0.5, 0.6) is 0 Å². The van der Waals surface area contributed by atoms with Crippen LogP contribution in [0.25, 0.3) is 55.9 Å². The summed E-state index contributed by atoms with van der Waals surface area (Å²) in [6, 6.07) is 21.1. The van der Waals surface area contributed by atoms with Crippen molar-refractivity contribution in [2.75, 3.05) is 7.05 Å². The highest BCUT2D eigenvalue weighted by atomic mass is 19.1. The van der Waals surface area contributed by atoms with Crippen molar-refractivity contribution in [2.45, 2.75) is 13.5 Å². The van der Waals surface area contributed by atoms with Gasteiger partial charge in [-0.1, -0.05) is 55.6 Å². The van der Waals surface area contributed by atoms with Crippen LogP contribution < -0.4 is 10.6 Å². The fourth-order valence-corrected chi connectivity index (χ4v) is 5.28. The molecule has 0 radical (unpaired) electrons. The summed E-state index contributed by atoms with van der Waals surface area (Å²) in [5.41, 5.74) is 9.91. The van der Waals surface area contributed by atoms with Crippen molar-refractivity contribution in [1.29, 1.82) is 0 Å². The lowest BCUT2D eigenvalue weighted by atomic mass is 10.0. The first kappa shape index (κ1) is 28.5. The first-order valence-electron chi connectivity index (χ1n) is 14.3. The van der Waals surface area contributed by atoms with E-state index in [9.17, 15) is 4.39 Å². The largest absolute Gasteiger partial charge is 0.356 e. The van der Waals surface area contributed by atoms with E-state index in [0.29, 0.717) is 29.1 Å². The number of rotatable bonds is 10. The summed E-state index contributed by atoms with van der Waals surface area (Å²) in [4.78, 5) is 12.7. The normalized spacial score (nSPS) is 12.2. The van der Waals surface area contributed by atoms with Crippen molar-refractivity contribution in [3.8, 4) is 22.6 Å². The Morgan fingerprint density at radius 1 is 1.00 bits per heavy atom. The number of halogens is 1. The first-order chi connectivity index (χ1) is 21.5. The Morgan fingerprint density at radius 3 is 2.61 bits per heavy atom. The van der Waals surface area contributed by atoms with Gasteiger partial charge in [0.1, 0.15) is 11.5 Å². The molecule has 6 aromatic rings. The molecular weight excluding hydrogens is 549 g/mol. The van der Waals surface area contributed by atoms with E-state index >= 15 is 0 Å². The molecule has 218 valence electrons. The molecule has 0 aliphatic heterocycles. The molecule has 44 heavy (non-hydrogen) atoms. The second kappa shape index (κ2) is 12.3. The van der Waals surface area contributed by atoms with Gasteiger partial charge in [-0.15, -0.1) is 0 Å². The van der Waals surface area contributed by atoms with Crippen LogP contribution in [0.1, 0.15) is 23.6 Å². The molecule has 0 bridgehead atoms. The molecule has 3 aromatic heterocycles. The number of fused-ring (bicyclic) bond motifs is 2. The zero-order valence-electron chi connectivity index (χ0n) is 24.6. The fraction of sp³-hybridized carbons (Fsp3) is 0.0833. The Labute approximate surface area is 255 Å². The Kier molecular flexibility index (Phi) is 7.99. The van der Waals surface area contributed by atoms with Crippen LogP contribution in [0.15, 0.2) is 116 Å². The summed E-state index contributed by atoms with van der Waals surface area (Å²) >= 11 is 0. The van der Waals surface area contributed by atoms with Crippen molar-refractivity contribution in [1.82, 2.24) is 35.8 Å². The summed E-state index contributed by atoms with van der Waals surface area (Å²) in [5, 5.41) is 15.1. The Morgan fingerprint density at radius 2 is 1.84 bits per heavy atom. The molecule has 8 heteroatoms. The summed E-state index contributed by atoms with van der Waals surface area (Å²) in [6.45, 7) is 10.7. The average Bonchev–Trinajstić information content (AvgIpc) is 3.67. The van der Waals surface area contributed by atoms with Gasteiger partial charge in [0.15, 0.2) is 5.82 Å². The first-order valence-corrected chi connectivity index (χ1v) is 14.3. The van der Waals surface area contributed by atoms with Crippen LogP contribution in [0, 0.1) is 5.82 Å². The van der Waals surface area contributed by atoms with Crippen LogP contribution >= 0.6 is 0 Å². The lowest BCUT2D eigenvalue weighted by Gasteiger charge is -2.12. The molecule has 0 saturated carbocycles. The number of imidazole rings is 1. The third-order valence-corrected chi connectivity index (χ3v) is 7.42. The van der Waals surface area contributed by atoms with Gasteiger partial charge in [0, 0.05) is 35.1 Å². The number of pyridine rings is 1. The molecule has 3 aromatic carbocycles. The number of aromatic amines is 2. The Balaban J connectivity index is 1.36. The van der Waals surface area contributed by atoms with E-state index < -0.39 is 0 Å². The quantitative estimate of drug-likeness (QED) is 0.124. The van der Waals surface area contributed by atoms with Gasteiger partial charge in [-0.2, -0.15) is 5.10 Å². The minimum atomic E-state index is -0.306. The second-order valence-corrected chi connectivity index (χ2v) is 10.4. The van der Waals surface area contributed by atoms with Crippen molar-refractivity contribution in [3.63, 3.8) is 0 Å². The van der Waals surface area contributed by atoms with E-state index in [1.807, 2.05) is 62.5 Å². The zero-order chi connectivity index (χ0) is 30.6. The number of nitrogens with one attached hydrogen (secondary N) is 4. The number of hydrogen-bond acceptors (Lipinski definition) is 5. The second-order valence-electron chi connectivity index (χ2n) is 10.4. The number of nitrogens with zero attached hydrogens (tertiary/aromatic N) is 3. The van der Waals surface area contributed by atoms with Crippen LogP contribution in [0.3, 0.4) is 0 Å². The predicted molar refractivity (Wildman–Crippen MR) is 178 cm³/mol. The molecule has 0 aliphatic rings. The van der Waals surface area contributed by atoms with Gasteiger partial charge in [-0.25, -0.2) is 9.37 Å². The molecule has 0 amide bonds. The maximum Gasteiger partial charge on any atom is 0.159 e. The Hall–Kier alpha value is -5.60. The van der Waals surface area contributed by atoms with Gasteiger partial charge in [0.2, 0.25) is 0 Å². The van der Waals surface area contributed by atoms with Crippen LogP contribution in [-0.2, 0) is 6.54 Å². The molecular formula is C36H32FN7. The minimum absolute atomic E-state index is 0.306. The molecule has 4 N–H and O–H groups in total. The van der Waals surface area contributed by atoms with Crippen molar-refractivity contribution in [3.05, 3.63) is 139 Å². The monoisotopic (exact) mass is 581 g/mol. The summed E-state index contributed by atoms with van der Waals surface area (Å²) in [7, 11) is 1.83. The van der Waals surface area contributed by atoms with E-state index in [4.69, 9.17) is 4.98 Å². The lowest BCUT2D eigenvalue weighted by Crippen LogP contribution is -2.09. The third kappa shape index (κ3) is 5.71. The highest BCUT2D eigenvalue weighted by molar-refractivity contribution is 5.98. The van der Waals surface area contributed by atoms with E-state index in [-0.39, 0.29) is 5.82 Å². The topological polar surface area (TPSA) is 94.3 Å². The van der Waals surface area contributed by atoms with Gasteiger partial charge in [-0.3, -0.25) is 10.1 Å². The van der Waals surface area contributed by atoms with Gasteiger partial charge < -0.3 is 15.6 Å². The highest BCUT2D eigenvalue weighted by Gasteiger charge is 2.17. The summed E-state index contributed by atoms with van der Waals surface area (Å²) in [5.74, 6) is 0.286. The van der Waals surface area contributed by atoms with E-state index in [2.05, 4.69) is 62.2 Å². The van der Waals surface area contributed by atoms with Gasteiger partial charge >= 0.3 is 0 Å². The SMILES string of the molecule is C=C/C(=C\C(=C/C)c1ccc2[nH]nc(-c3nc4c(-c5cc(F)cc(CNC)c5)cncc4[nH]3)c2c1)NC(=C)c1ccccc1. The van der Waals surface area contributed by atoms with E-state index in [1.165, 1.54) is 12.1 Å². The van der Waals surface area contributed by atoms with Crippen molar-refractivity contribution >= 4 is 33.2 Å². The van der Waals surface area contributed by atoms with Gasteiger partial charge in [0.05, 0.1) is 22.7 Å². The van der Waals surface area contributed by atoms with Gasteiger partial charge in [0.25, 0.3) is 0 Å². The maximum absolute atomic E-state index is 14.5. The standard InChI is InChI=1S/C36H32FN7/c1-5-24(17-29(6-2)40-22(3)25-10-8-7-9-11-25)26-12-13-32-30(18-26)35(44-43-32)36-41-33-21-39-20-31(34(33)42-36)27-14-23(19-38-4)15-28(37)16-27/h5-18,20-21,38,40H,2-3,19H2,1,4H3,(H,41,42)(H,43,44)/b24-5+,29-17+. The highest BCUT2D eigenvalue weighted by Crippen LogP contribution is 2.33. The smallest absolute Gasteiger partial charge is 0.159 e. The van der Waals surface area contributed by atoms with Crippen LogP contribution in [-0.4, -0.2) is 32.2 Å². The number of hydrogen-bond donors (Lipinski definition) is 4. The van der Waals surface area contributed by atoms with Crippen molar-refractivity contribution in [2.24, 2.45) is 0 Å². The predicted octanol–water partition coefficient (Wildman–Crippen LogP) is 7.76. The minimum Gasteiger partial charge on any atom is -0.356 e. The molecule has 0 spiro atoms. The van der Waals surface area contributed by atoms with Crippen LogP contribution in [0.4, 0.5) is 4.39 Å². The molecule has 3 heterocycles. The molecule has 0 saturated heterocycles. The number of benzene rings is 3. The molecule has 0 unspecified atom stereocenters. The number of allylic oxidation sites excluding steroid dienone is 4. The lowest BCUT2D eigenvalue weighted by molar-refractivity contribution is 0.624. The summed E-state index contributed by atoms with van der Waals surface area (Å²) in [6.07, 6.45) is 9.31. The maximum atomic E-state index is 14.5. The van der Waals surface area contributed by atoms with Gasteiger partial charge in [-0.05, 0) is 84.3 Å². The molecule has 0 aliphatic carbocycles. The molecule has 0 fully saturated rings. The Bertz CT molecular complexity index is 2070. The molecule has 7 nitrogen and oxygen atoms in total. The zero-order valence-corrected chi connectivity index (χ0v) is 24.6. The number of aromatic nitrogens is 5. The molecule has 6 rings (SSSR count). The average molecular weight is 582 g/mol. The summed E-state index contributed by atoms with van der Waals surface area (Å²) < 4.78 is 14.5. The number of H-pyrrole nitrogens is 2. The fourth-order valence-electron chi connectivity index (χ4n) is 5.28. The molecule has 0 atom stereocenters. The van der Waals surface area contributed by atoms with E-state index in [0.717, 1.165) is 55.6 Å². The third-order valence-electron chi connectivity index (χ3n) is 7.42. The van der Waals surface area contributed by atoms with Crippen LogP contribution in [0.2, 0.25) is 0 Å². The van der Waals surface area contributed by atoms with Crippen molar-refractivity contribution < 1.29 is 4.39 Å².